The number of piperazine rings is 1. The van der Waals surface area contributed by atoms with Gasteiger partial charge in [-0.2, -0.15) is 0 Å². The molecule has 4 heteroatoms. The fourth-order valence-electron chi connectivity index (χ4n) is 2.74. The van der Waals surface area contributed by atoms with Gasteiger partial charge < -0.3 is 15.7 Å². The van der Waals surface area contributed by atoms with E-state index in [2.05, 4.69) is 15.9 Å². The van der Waals surface area contributed by atoms with Crippen LogP contribution >= 0.6 is 0 Å². The second-order valence-electron chi connectivity index (χ2n) is 5.64. The first-order valence-corrected chi connectivity index (χ1v) is 7.70. The van der Waals surface area contributed by atoms with E-state index in [1.165, 1.54) is 24.9 Å². The third-order valence-electron chi connectivity index (χ3n) is 3.96. The van der Waals surface area contributed by atoms with Crippen LogP contribution in [0.3, 0.4) is 0 Å². The van der Waals surface area contributed by atoms with Gasteiger partial charge >= 0.3 is 0 Å². The Morgan fingerprint density at radius 3 is 2.45 bits per heavy atom. The topological polar surface area (TPSA) is 52.7 Å². The lowest BCUT2D eigenvalue weighted by Gasteiger charge is -2.34. The van der Waals surface area contributed by atoms with Crippen molar-refractivity contribution in [2.45, 2.75) is 25.8 Å². The number of phenols is 1. The van der Waals surface area contributed by atoms with Gasteiger partial charge in [0.05, 0.1) is 0 Å². The average Bonchev–Trinajstić information content (AvgIpc) is 2.45. The normalized spacial score (nSPS) is 17.4. The zero-order valence-corrected chi connectivity index (χ0v) is 12.3. The Bertz CT molecular complexity index is 389. The molecule has 2 rings (SSSR count). The van der Waals surface area contributed by atoms with Gasteiger partial charge in [0.2, 0.25) is 0 Å². The third kappa shape index (κ3) is 5.12. The molecule has 1 aliphatic heterocycles. The summed E-state index contributed by atoms with van der Waals surface area (Å²) in [5, 5.41) is 9.49. The van der Waals surface area contributed by atoms with Gasteiger partial charge in [-0.25, -0.2) is 0 Å². The Hall–Kier alpha value is -1.10. The first-order chi connectivity index (χ1) is 9.78. The van der Waals surface area contributed by atoms with Gasteiger partial charge in [0.15, 0.2) is 0 Å². The highest BCUT2D eigenvalue weighted by Gasteiger charge is 2.16. The minimum absolute atomic E-state index is 0.362. The van der Waals surface area contributed by atoms with Crippen molar-refractivity contribution < 1.29 is 5.11 Å². The van der Waals surface area contributed by atoms with Crippen molar-refractivity contribution in [3.05, 3.63) is 29.8 Å². The molecule has 0 aliphatic carbocycles. The minimum Gasteiger partial charge on any atom is -0.508 e. The van der Waals surface area contributed by atoms with E-state index in [1.807, 2.05) is 12.1 Å². The summed E-state index contributed by atoms with van der Waals surface area (Å²) in [4.78, 5) is 5.01. The van der Waals surface area contributed by atoms with Crippen molar-refractivity contribution in [3.8, 4) is 5.75 Å². The number of aromatic hydroxyl groups is 1. The average molecular weight is 277 g/mol. The molecule has 1 fully saturated rings. The number of nitrogens with zero attached hydrogens (tertiary/aromatic N) is 2. The summed E-state index contributed by atoms with van der Waals surface area (Å²) >= 11 is 0. The molecule has 112 valence electrons. The molecule has 0 atom stereocenters. The van der Waals surface area contributed by atoms with Gasteiger partial charge in [-0.3, -0.25) is 4.90 Å². The molecule has 3 N–H and O–H groups in total. The quantitative estimate of drug-likeness (QED) is 0.744. The predicted octanol–water partition coefficient (Wildman–Crippen LogP) is 1.64. The van der Waals surface area contributed by atoms with Crippen LogP contribution < -0.4 is 5.73 Å². The van der Waals surface area contributed by atoms with Gasteiger partial charge in [-0.15, -0.1) is 0 Å². The molecule has 4 nitrogen and oxygen atoms in total. The lowest BCUT2D eigenvalue weighted by Crippen LogP contribution is -2.46. The van der Waals surface area contributed by atoms with Crippen molar-refractivity contribution in [2.24, 2.45) is 5.73 Å². The molecule has 20 heavy (non-hydrogen) atoms. The Kier molecular flexibility index (Phi) is 6.30. The molecule has 0 aromatic heterocycles. The lowest BCUT2D eigenvalue weighted by atomic mass is 10.1. The molecular formula is C16H27N3O. The fourth-order valence-corrected chi connectivity index (χ4v) is 2.74. The number of benzene rings is 1. The van der Waals surface area contributed by atoms with Crippen LogP contribution in [0.1, 0.15) is 24.8 Å². The van der Waals surface area contributed by atoms with E-state index >= 15 is 0 Å². The summed E-state index contributed by atoms with van der Waals surface area (Å²) in [6, 6.07) is 7.58. The molecule has 1 saturated heterocycles. The van der Waals surface area contributed by atoms with Crippen molar-refractivity contribution >= 4 is 0 Å². The lowest BCUT2D eigenvalue weighted by molar-refractivity contribution is 0.125. The summed E-state index contributed by atoms with van der Waals surface area (Å²) < 4.78 is 0. The van der Waals surface area contributed by atoms with Crippen LogP contribution in [0, 0.1) is 0 Å². The van der Waals surface area contributed by atoms with E-state index in [0.717, 1.165) is 45.7 Å². The van der Waals surface area contributed by atoms with Gasteiger partial charge in [0.25, 0.3) is 0 Å². The Balaban J connectivity index is 1.66. The molecular weight excluding hydrogens is 250 g/mol. The number of phenolic OH excluding ortho intramolecular Hbond substituents is 1. The van der Waals surface area contributed by atoms with Gasteiger partial charge in [0, 0.05) is 32.7 Å². The summed E-state index contributed by atoms with van der Waals surface area (Å²) in [5.74, 6) is 0.362. The highest BCUT2D eigenvalue weighted by Crippen LogP contribution is 2.14. The number of hydrogen-bond donors (Lipinski definition) is 2. The van der Waals surface area contributed by atoms with E-state index in [0.29, 0.717) is 5.75 Å². The number of unbranched alkanes of at least 4 members (excludes halogenated alkanes) is 2. The Morgan fingerprint density at radius 1 is 1.00 bits per heavy atom. The van der Waals surface area contributed by atoms with Gasteiger partial charge in [-0.1, -0.05) is 18.6 Å². The van der Waals surface area contributed by atoms with Crippen LogP contribution in [-0.4, -0.2) is 54.2 Å². The molecule has 1 aliphatic rings. The van der Waals surface area contributed by atoms with Crippen LogP contribution in [-0.2, 0) is 6.54 Å². The number of nitrogens with two attached hydrogens (primary N) is 1. The third-order valence-corrected chi connectivity index (χ3v) is 3.96. The SMILES string of the molecule is NCCCCCN1CCN(Cc2cccc(O)c2)CC1. The van der Waals surface area contributed by atoms with Crippen molar-refractivity contribution in [3.63, 3.8) is 0 Å². The van der Waals surface area contributed by atoms with Crippen LogP contribution in [0.15, 0.2) is 24.3 Å². The molecule has 0 bridgehead atoms. The van der Waals surface area contributed by atoms with Crippen LogP contribution in [0.4, 0.5) is 0 Å². The van der Waals surface area contributed by atoms with Crippen LogP contribution in [0.5, 0.6) is 5.75 Å². The first-order valence-electron chi connectivity index (χ1n) is 7.70. The molecule has 0 unspecified atom stereocenters. The molecule has 1 aromatic carbocycles. The molecule has 1 aromatic rings. The summed E-state index contributed by atoms with van der Waals surface area (Å²) in [7, 11) is 0. The summed E-state index contributed by atoms with van der Waals surface area (Å²) in [6.45, 7) is 7.51. The maximum Gasteiger partial charge on any atom is 0.115 e. The first kappa shape index (κ1) is 15.3. The second kappa shape index (κ2) is 8.25. The van der Waals surface area contributed by atoms with Gasteiger partial charge in [0.1, 0.15) is 5.75 Å². The maximum absolute atomic E-state index is 9.49. The fraction of sp³-hybridized carbons (Fsp3) is 0.625. The Labute approximate surface area is 122 Å². The predicted molar refractivity (Wildman–Crippen MR) is 82.7 cm³/mol. The zero-order chi connectivity index (χ0) is 14.2. The van der Waals surface area contributed by atoms with Crippen LogP contribution in [0.25, 0.3) is 0 Å². The van der Waals surface area contributed by atoms with Crippen molar-refractivity contribution in [1.29, 1.82) is 0 Å². The zero-order valence-electron chi connectivity index (χ0n) is 12.3. The van der Waals surface area contributed by atoms with E-state index in [-0.39, 0.29) is 0 Å². The van der Waals surface area contributed by atoms with Crippen molar-refractivity contribution in [1.82, 2.24) is 9.80 Å². The minimum atomic E-state index is 0.362. The Morgan fingerprint density at radius 2 is 1.75 bits per heavy atom. The molecule has 0 spiro atoms. The van der Waals surface area contributed by atoms with Gasteiger partial charge in [-0.05, 0) is 43.6 Å². The highest BCUT2D eigenvalue weighted by atomic mass is 16.3. The monoisotopic (exact) mass is 277 g/mol. The smallest absolute Gasteiger partial charge is 0.115 e. The molecule has 0 amide bonds. The summed E-state index contributed by atoms with van der Waals surface area (Å²) in [5.41, 5.74) is 6.71. The van der Waals surface area contributed by atoms with E-state index in [4.69, 9.17) is 5.73 Å². The molecule has 0 radical (unpaired) electrons. The van der Waals surface area contributed by atoms with Crippen molar-refractivity contribution in [2.75, 3.05) is 39.3 Å². The standard InChI is InChI=1S/C16H27N3O/c17-7-2-1-3-8-18-9-11-19(12-10-18)14-15-5-4-6-16(20)13-15/h4-6,13,20H,1-3,7-12,14,17H2. The van der Waals surface area contributed by atoms with E-state index in [1.54, 1.807) is 6.07 Å². The number of hydrogen-bond acceptors (Lipinski definition) is 4. The maximum atomic E-state index is 9.49. The van der Waals surface area contributed by atoms with E-state index in [9.17, 15) is 5.11 Å². The number of rotatable bonds is 7. The van der Waals surface area contributed by atoms with Crippen LogP contribution in [0.2, 0.25) is 0 Å². The largest absolute Gasteiger partial charge is 0.508 e. The molecule has 1 heterocycles. The van der Waals surface area contributed by atoms with E-state index < -0.39 is 0 Å². The summed E-state index contributed by atoms with van der Waals surface area (Å²) in [6.07, 6.45) is 3.67. The molecule has 0 saturated carbocycles. The second-order valence-corrected chi connectivity index (χ2v) is 5.64. The highest BCUT2D eigenvalue weighted by molar-refractivity contribution is 5.27.